The summed E-state index contributed by atoms with van der Waals surface area (Å²) in [6.07, 6.45) is 7.16. The van der Waals surface area contributed by atoms with E-state index in [0.717, 1.165) is 30.9 Å². The fourth-order valence-electron chi connectivity index (χ4n) is 2.79. The zero-order valence-corrected chi connectivity index (χ0v) is 12.7. The molecule has 0 radical (unpaired) electrons. The molecule has 1 saturated carbocycles. The molecule has 2 rings (SSSR count). The van der Waals surface area contributed by atoms with Gasteiger partial charge in [-0.15, -0.1) is 0 Å². The van der Waals surface area contributed by atoms with Crippen molar-refractivity contribution >= 4 is 0 Å². The van der Waals surface area contributed by atoms with Crippen molar-refractivity contribution in [1.82, 2.24) is 0 Å². The van der Waals surface area contributed by atoms with Crippen molar-refractivity contribution in [3.05, 3.63) is 23.8 Å². The molecule has 2 N–H and O–H groups in total. The third kappa shape index (κ3) is 4.14. The van der Waals surface area contributed by atoms with Crippen molar-refractivity contribution in [2.24, 2.45) is 11.7 Å². The van der Waals surface area contributed by atoms with Crippen LogP contribution < -0.4 is 15.2 Å². The summed E-state index contributed by atoms with van der Waals surface area (Å²) < 4.78 is 11.4. The summed E-state index contributed by atoms with van der Waals surface area (Å²) in [4.78, 5) is 0. The van der Waals surface area contributed by atoms with Gasteiger partial charge in [-0.05, 0) is 49.3 Å². The summed E-state index contributed by atoms with van der Waals surface area (Å²) in [6, 6.07) is 6.39. The number of ether oxygens (including phenoxy) is 2. The predicted molar refractivity (Wildman–Crippen MR) is 82.4 cm³/mol. The number of methoxy groups -OCH3 is 1. The van der Waals surface area contributed by atoms with Crippen LogP contribution in [-0.2, 0) is 6.42 Å². The fraction of sp³-hybridized carbons (Fsp3) is 0.647. The smallest absolute Gasteiger partial charge is 0.161 e. The maximum Gasteiger partial charge on any atom is 0.161 e. The second-order valence-electron chi connectivity index (χ2n) is 5.82. The summed E-state index contributed by atoms with van der Waals surface area (Å²) in [5.74, 6) is 2.39. The Morgan fingerprint density at radius 3 is 2.65 bits per heavy atom. The van der Waals surface area contributed by atoms with Crippen LogP contribution in [0, 0.1) is 5.92 Å². The molecule has 0 saturated heterocycles. The molecule has 1 fully saturated rings. The van der Waals surface area contributed by atoms with Gasteiger partial charge in [-0.25, -0.2) is 0 Å². The summed E-state index contributed by atoms with van der Waals surface area (Å²) in [6.45, 7) is 2.92. The lowest BCUT2D eigenvalue weighted by Crippen LogP contribution is -2.21. The molecular weight excluding hydrogens is 250 g/mol. The van der Waals surface area contributed by atoms with Crippen molar-refractivity contribution in [1.29, 1.82) is 0 Å². The maximum atomic E-state index is 6.00. The predicted octanol–water partition coefficient (Wildman–Crippen LogP) is 3.54. The molecule has 3 heteroatoms. The van der Waals surface area contributed by atoms with Crippen LogP contribution in [0.1, 0.15) is 44.6 Å². The highest BCUT2D eigenvalue weighted by atomic mass is 16.5. The zero-order valence-electron chi connectivity index (χ0n) is 12.7. The fourth-order valence-corrected chi connectivity index (χ4v) is 2.79. The maximum absolute atomic E-state index is 6.00. The van der Waals surface area contributed by atoms with Gasteiger partial charge in [-0.2, -0.15) is 0 Å². The molecule has 0 spiro atoms. The highest BCUT2D eigenvalue weighted by molar-refractivity contribution is 5.43. The second kappa shape index (κ2) is 7.53. The standard InChI is InChI=1S/C17H27NO2/c1-3-15(18)10-14-8-9-16(17(11-14)19-2)20-12-13-6-4-5-7-13/h8-9,11,13,15H,3-7,10,12,18H2,1-2H3. The Hall–Kier alpha value is -1.22. The van der Waals surface area contributed by atoms with E-state index < -0.39 is 0 Å². The van der Waals surface area contributed by atoms with E-state index in [9.17, 15) is 0 Å². The lowest BCUT2D eigenvalue weighted by molar-refractivity contribution is 0.240. The minimum absolute atomic E-state index is 0.213. The van der Waals surface area contributed by atoms with Gasteiger partial charge in [-0.3, -0.25) is 0 Å². The molecule has 1 atom stereocenters. The summed E-state index contributed by atoms with van der Waals surface area (Å²) in [5, 5.41) is 0. The average Bonchev–Trinajstić information content (AvgIpc) is 2.98. The van der Waals surface area contributed by atoms with Crippen LogP contribution in [0.4, 0.5) is 0 Å². The Balaban J connectivity index is 1.97. The number of rotatable bonds is 7. The first kappa shape index (κ1) is 15.2. The van der Waals surface area contributed by atoms with Gasteiger partial charge in [0.2, 0.25) is 0 Å². The van der Waals surface area contributed by atoms with Crippen molar-refractivity contribution in [3.63, 3.8) is 0 Å². The van der Waals surface area contributed by atoms with E-state index in [4.69, 9.17) is 15.2 Å². The number of hydrogen-bond acceptors (Lipinski definition) is 3. The molecule has 1 aromatic rings. The van der Waals surface area contributed by atoms with Crippen LogP contribution in [0.25, 0.3) is 0 Å². The van der Waals surface area contributed by atoms with Crippen molar-refractivity contribution < 1.29 is 9.47 Å². The van der Waals surface area contributed by atoms with E-state index in [-0.39, 0.29) is 6.04 Å². The molecule has 0 bridgehead atoms. The van der Waals surface area contributed by atoms with E-state index in [1.165, 1.54) is 31.2 Å². The van der Waals surface area contributed by atoms with Gasteiger partial charge in [0.05, 0.1) is 13.7 Å². The van der Waals surface area contributed by atoms with Crippen LogP contribution >= 0.6 is 0 Å². The van der Waals surface area contributed by atoms with E-state index in [0.29, 0.717) is 5.92 Å². The molecule has 1 aliphatic rings. The zero-order chi connectivity index (χ0) is 14.4. The minimum atomic E-state index is 0.213. The highest BCUT2D eigenvalue weighted by Crippen LogP contribution is 2.31. The molecule has 20 heavy (non-hydrogen) atoms. The average molecular weight is 277 g/mol. The molecule has 1 unspecified atom stereocenters. The molecule has 0 aliphatic heterocycles. The first-order valence-electron chi connectivity index (χ1n) is 7.78. The largest absolute Gasteiger partial charge is 0.493 e. The number of nitrogens with two attached hydrogens (primary N) is 1. The van der Waals surface area contributed by atoms with Gasteiger partial charge >= 0.3 is 0 Å². The molecular formula is C17H27NO2. The van der Waals surface area contributed by atoms with E-state index in [1.54, 1.807) is 7.11 Å². The molecule has 0 aromatic heterocycles. The van der Waals surface area contributed by atoms with E-state index in [2.05, 4.69) is 19.1 Å². The molecule has 0 amide bonds. The van der Waals surface area contributed by atoms with Crippen molar-refractivity contribution in [2.75, 3.05) is 13.7 Å². The van der Waals surface area contributed by atoms with Gasteiger partial charge < -0.3 is 15.2 Å². The SMILES string of the molecule is CCC(N)Cc1ccc(OCC2CCCC2)c(OC)c1. The van der Waals surface area contributed by atoms with Gasteiger partial charge in [0.25, 0.3) is 0 Å². The van der Waals surface area contributed by atoms with Crippen molar-refractivity contribution in [3.8, 4) is 11.5 Å². The number of benzene rings is 1. The Kier molecular flexibility index (Phi) is 5.72. The Labute approximate surface area is 122 Å². The molecule has 3 nitrogen and oxygen atoms in total. The van der Waals surface area contributed by atoms with Crippen LogP contribution in [0.2, 0.25) is 0 Å². The number of hydrogen-bond donors (Lipinski definition) is 1. The van der Waals surface area contributed by atoms with Gasteiger partial charge in [0.15, 0.2) is 11.5 Å². The van der Waals surface area contributed by atoms with E-state index in [1.807, 2.05) is 6.07 Å². The van der Waals surface area contributed by atoms with Gasteiger partial charge in [0.1, 0.15) is 0 Å². The quantitative estimate of drug-likeness (QED) is 0.829. The minimum Gasteiger partial charge on any atom is -0.493 e. The van der Waals surface area contributed by atoms with Crippen LogP contribution in [0.15, 0.2) is 18.2 Å². The van der Waals surface area contributed by atoms with Crippen LogP contribution in [0.5, 0.6) is 11.5 Å². The molecule has 1 aromatic carbocycles. The lowest BCUT2D eigenvalue weighted by atomic mass is 10.0. The van der Waals surface area contributed by atoms with Crippen LogP contribution in [-0.4, -0.2) is 19.8 Å². The molecule has 112 valence electrons. The third-order valence-corrected chi connectivity index (χ3v) is 4.20. The van der Waals surface area contributed by atoms with Gasteiger partial charge in [0, 0.05) is 6.04 Å². The topological polar surface area (TPSA) is 44.5 Å². The van der Waals surface area contributed by atoms with Gasteiger partial charge in [-0.1, -0.05) is 25.8 Å². The first-order valence-corrected chi connectivity index (χ1v) is 7.78. The normalized spacial score (nSPS) is 17.1. The third-order valence-electron chi connectivity index (χ3n) is 4.20. The summed E-state index contributed by atoms with van der Waals surface area (Å²) in [7, 11) is 1.70. The monoisotopic (exact) mass is 277 g/mol. The Morgan fingerprint density at radius 1 is 1.25 bits per heavy atom. The van der Waals surface area contributed by atoms with Crippen LogP contribution in [0.3, 0.4) is 0 Å². The molecule has 1 aliphatic carbocycles. The molecule has 0 heterocycles. The summed E-state index contributed by atoms with van der Waals surface area (Å²) in [5.41, 5.74) is 7.22. The Morgan fingerprint density at radius 2 is 2.00 bits per heavy atom. The second-order valence-corrected chi connectivity index (χ2v) is 5.82. The van der Waals surface area contributed by atoms with E-state index >= 15 is 0 Å². The Bertz CT molecular complexity index is 413. The lowest BCUT2D eigenvalue weighted by Gasteiger charge is -2.16. The highest BCUT2D eigenvalue weighted by Gasteiger charge is 2.16. The first-order chi connectivity index (χ1) is 9.72. The van der Waals surface area contributed by atoms with Crippen molar-refractivity contribution in [2.45, 2.75) is 51.5 Å². The summed E-state index contributed by atoms with van der Waals surface area (Å²) >= 11 is 0.